The number of carbonyl (C=O) groups excluding carboxylic acids is 1. The molecule has 1 aliphatic carbocycles. The molecule has 0 saturated heterocycles. The van der Waals surface area contributed by atoms with Crippen molar-refractivity contribution in [3.8, 4) is 0 Å². The zero-order valence-corrected chi connectivity index (χ0v) is 11.7. The Morgan fingerprint density at radius 2 is 2.19 bits per heavy atom. The molecule has 3 rings (SSSR count). The number of oxazole rings is 1. The maximum Gasteiger partial charge on any atom is 0.319 e. The Hall–Kier alpha value is -2.37. The smallest absolute Gasteiger partial charge is 0.319 e. The van der Waals surface area contributed by atoms with Crippen molar-refractivity contribution in [1.29, 1.82) is 0 Å². The SMILES string of the molecule is Cc1cccc2oc(CCNC(=O)C3(C(=O)O)CC3)nc12. The number of aliphatic carboxylic acids is 1. The van der Waals surface area contributed by atoms with Crippen molar-refractivity contribution in [1.82, 2.24) is 10.3 Å². The number of carboxylic acids is 1. The van der Waals surface area contributed by atoms with E-state index in [4.69, 9.17) is 9.52 Å². The summed E-state index contributed by atoms with van der Waals surface area (Å²) in [7, 11) is 0. The number of carbonyl (C=O) groups is 2. The first-order chi connectivity index (χ1) is 10.0. The van der Waals surface area contributed by atoms with Crippen molar-refractivity contribution in [3.63, 3.8) is 0 Å². The highest BCUT2D eigenvalue weighted by Crippen LogP contribution is 2.46. The Morgan fingerprint density at radius 1 is 1.43 bits per heavy atom. The van der Waals surface area contributed by atoms with Crippen molar-refractivity contribution in [2.24, 2.45) is 5.41 Å². The molecule has 0 radical (unpaired) electrons. The summed E-state index contributed by atoms with van der Waals surface area (Å²) in [5.74, 6) is -0.917. The van der Waals surface area contributed by atoms with E-state index in [0.717, 1.165) is 16.7 Å². The molecule has 6 nitrogen and oxygen atoms in total. The van der Waals surface area contributed by atoms with E-state index < -0.39 is 17.3 Å². The molecule has 0 aliphatic heterocycles. The number of hydrogen-bond acceptors (Lipinski definition) is 4. The van der Waals surface area contributed by atoms with E-state index in [1.165, 1.54) is 0 Å². The third-order valence-corrected chi connectivity index (χ3v) is 3.88. The van der Waals surface area contributed by atoms with Crippen LogP contribution in [0.3, 0.4) is 0 Å². The molecule has 0 bridgehead atoms. The van der Waals surface area contributed by atoms with Gasteiger partial charge in [-0.05, 0) is 31.4 Å². The number of rotatable bonds is 5. The van der Waals surface area contributed by atoms with Crippen LogP contribution in [0, 0.1) is 12.3 Å². The second-order valence-corrected chi connectivity index (χ2v) is 5.42. The Morgan fingerprint density at radius 3 is 2.81 bits per heavy atom. The van der Waals surface area contributed by atoms with Crippen LogP contribution in [-0.4, -0.2) is 28.5 Å². The number of nitrogens with one attached hydrogen (secondary N) is 1. The number of hydrogen-bond donors (Lipinski definition) is 2. The van der Waals surface area contributed by atoms with Gasteiger partial charge in [-0.15, -0.1) is 0 Å². The molecule has 1 saturated carbocycles. The summed E-state index contributed by atoms with van der Waals surface area (Å²) in [6, 6.07) is 5.71. The summed E-state index contributed by atoms with van der Waals surface area (Å²) in [5, 5.41) is 11.7. The fourth-order valence-corrected chi connectivity index (χ4v) is 2.35. The molecule has 2 N–H and O–H groups in total. The van der Waals surface area contributed by atoms with Gasteiger partial charge in [0.2, 0.25) is 5.91 Å². The van der Waals surface area contributed by atoms with E-state index in [1.54, 1.807) is 0 Å². The van der Waals surface area contributed by atoms with E-state index in [9.17, 15) is 9.59 Å². The summed E-state index contributed by atoms with van der Waals surface area (Å²) in [6.45, 7) is 2.28. The van der Waals surface area contributed by atoms with Crippen molar-refractivity contribution in [2.75, 3.05) is 6.54 Å². The van der Waals surface area contributed by atoms with E-state index >= 15 is 0 Å². The van der Waals surface area contributed by atoms with E-state index in [2.05, 4.69) is 10.3 Å². The Labute approximate surface area is 121 Å². The van der Waals surface area contributed by atoms with Crippen LogP contribution in [0.5, 0.6) is 0 Å². The lowest BCUT2D eigenvalue weighted by Crippen LogP contribution is -2.37. The highest BCUT2D eigenvalue weighted by atomic mass is 16.4. The molecule has 1 aliphatic rings. The van der Waals surface area contributed by atoms with Crippen LogP contribution in [0.25, 0.3) is 11.1 Å². The summed E-state index contributed by atoms with van der Waals surface area (Å²) in [6.07, 6.45) is 1.27. The van der Waals surface area contributed by atoms with Crippen LogP contribution in [-0.2, 0) is 16.0 Å². The highest BCUT2D eigenvalue weighted by molar-refractivity contribution is 6.04. The second-order valence-electron chi connectivity index (χ2n) is 5.42. The predicted molar refractivity (Wildman–Crippen MR) is 74.8 cm³/mol. The monoisotopic (exact) mass is 288 g/mol. The largest absolute Gasteiger partial charge is 0.480 e. The molecule has 6 heteroatoms. The van der Waals surface area contributed by atoms with Gasteiger partial charge in [-0.3, -0.25) is 9.59 Å². The van der Waals surface area contributed by atoms with Gasteiger partial charge < -0.3 is 14.8 Å². The predicted octanol–water partition coefficient (Wildman–Crippen LogP) is 1.66. The van der Waals surface area contributed by atoms with E-state index in [-0.39, 0.29) is 0 Å². The van der Waals surface area contributed by atoms with Crippen LogP contribution in [0.15, 0.2) is 22.6 Å². The zero-order valence-electron chi connectivity index (χ0n) is 11.7. The lowest BCUT2D eigenvalue weighted by molar-refractivity contribution is -0.149. The number of carboxylic acid groups (broad SMARTS) is 1. The zero-order chi connectivity index (χ0) is 15.0. The fraction of sp³-hybridized carbons (Fsp3) is 0.400. The first kappa shape index (κ1) is 13.6. The minimum absolute atomic E-state index is 0.319. The van der Waals surface area contributed by atoms with E-state index in [1.807, 2.05) is 25.1 Å². The van der Waals surface area contributed by atoms with Crippen LogP contribution in [0.4, 0.5) is 0 Å². The van der Waals surface area contributed by atoms with Gasteiger partial charge in [0.25, 0.3) is 0 Å². The van der Waals surface area contributed by atoms with E-state index in [0.29, 0.717) is 31.7 Å². The Balaban J connectivity index is 1.61. The Bertz CT molecular complexity index is 716. The van der Waals surface area contributed by atoms with Gasteiger partial charge in [-0.1, -0.05) is 12.1 Å². The molecular weight excluding hydrogens is 272 g/mol. The molecule has 1 amide bonds. The minimum Gasteiger partial charge on any atom is -0.480 e. The summed E-state index contributed by atoms with van der Waals surface area (Å²) in [5.41, 5.74) is 1.38. The number of benzene rings is 1. The van der Waals surface area contributed by atoms with Gasteiger partial charge in [0.15, 0.2) is 11.5 Å². The molecule has 1 aromatic heterocycles. The number of fused-ring (bicyclic) bond motifs is 1. The molecule has 110 valence electrons. The third-order valence-electron chi connectivity index (χ3n) is 3.88. The van der Waals surface area contributed by atoms with Gasteiger partial charge in [0, 0.05) is 13.0 Å². The van der Waals surface area contributed by atoms with Crippen molar-refractivity contribution in [2.45, 2.75) is 26.2 Å². The molecule has 21 heavy (non-hydrogen) atoms. The van der Waals surface area contributed by atoms with Gasteiger partial charge in [-0.25, -0.2) is 4.98 Å². The number of nitrogens with zero attached hydrogens (tertiary/aromatic N) is 1. The minimum atomic E-state index is -1.20. The molecule has 0 spiro atoms. The first-order valence-electron chi connectivity index (χ1n) is 6.90. The average molecular weight is 288 g/mol. The molecule has 1 heterocycles. The maximum atomic E-state index is 11.8. The summed E-state index contributed by atoms with van der Waals surface area (Å²) < 4.78 is 5.60. The third kappa shape index (κ3) is 2.37. The molecular formula is C15H16N2O4. The number of aromatic nitrogens is 1. The van der Waals surface area contributed by atoms with Gasteiger partial charge in [-0.2, -0.15) is 0 Å². The van der Waals surface area contributed by atoms with Crippen LogP contribution >= 0.6 is 0 Å². The summed E-state index contributed by atoms with van der Waals surface area (Å²) >= 11 is 0. The first-order valence-corrected chi connectivity index (χ1v) is 6.90. The molecule has 1 aromatic carbocycles. The van der Waals surface area contributed by atoms with Crippen LogP contribution < -0.4 is 5.32 Å². The number of amides is 1. The summed E-state index contributed by atoms with van der Waals surface area (Å²) in [4.78, 5) is 27.3. The van der Waals surface area contributed by atoms with Gasteiger partial charge in [0.05, 0.1) is 0 Å². The molecule has 0 unspecified atom stereocenters. The lowest BCUT2D eigenvalue weighted by atomic mass is 10.1. The molecule has 1 fully saturated rings. The quantitative estimate of drug-likeness (QED) is 0.816. The van der Waals surface area contributed by atoms with Crippen LogP contribution in [0.1, 0.15) is 24.3 Å². The average Bonchev–Trinajstić information content (AvgIpc) is 3.15. The lowest BCUT2D eigenvalue weighted by Gasteiger charge is -2.09. The second kappa shape index (κ2) is 4.87. The van der Waals surface area contributed by atoms with Gasteiger partial charge in [0.1, 0.15) is 10.9 Å². The highest BCUT2D eigenvalue weighted by Gasteiger charge is 2.56. The molecule has 2 aromatic rings. The van der Waals surface area contributed by atoms with Crippen molar-refractivity contribution in [3.05, 3.63) is 29.7 Å². The number of para-hydroxylation sites is 1. The van der Waals surface area contributed by atoms with Gasteiger partial charge >= 0.3 is 5.97 Å². The Kier molecular flexibility index (Phi) is 3.16. The normalized spacial score (nSPS) is 15.9. The van der Waals surface area contributed by atoms with Crippen molar-refractivity contribution < 1.29 is 19.1 Å². The standard InChI is InChI=1S/C15H16N2O4/c1-9-3-2-4-10-12(9)17-11(21-10)5-8-16-13(18)15(6-7-15)14(19)20/h2-4H,5-8H2,1H3,(H,16,18)(H,19,20). The maximum absolute atomic E-state index is 11.8. The fourth-order valence-electron chi connectivity index (χ4n) is 2.35. The van der Waals surface area contributed by atoms with Crippen LogP contribution in [0.2, 0.25) is 0 Å². The van der Waals surface area contributed by atoms with Crippen molar-refractivity contribution >= 4 is 23.0 Å². The number of aryl methyl sites for hydroxylation is 1. The molecule has 0 atom stereocenters. The topological polar surface area (TPSA) is 92.4 Å².